The first kappa shape index (κ1) is 29.1. The molecule has 0 spiro atoms. The van der Waals surface area contributed by atoms with Crippen molar-refractivity contribution in [3.8, 4) is 11.5 Å². The van der Waals surface area contributed by atoms with E-state index in [1.54, 1.807) is 12.1 Å². The van der Waals surface area contributed by atoms with Crippen LogP contribution in [-0.2, 0) is 13.0 Å². The number of rotatable bonds is 12. The van der Waals surface area contributed by atoms with Gasteiger partial charge in [0.1, 0.15) is 23.5 Å². The zero-order chi connectivity index (χ0) is 31.2. The molecule has 6 aromatic rings. The first-order chi connectivity index (χ1) is 22.0. The molecule has 5 aromatic carbocycles. The maximum atomic E-state index is 13.1. The molecular formula is C36H28N2O7. The van der Waals surface area contributed by atoms with E-state index in [-0.39, 0.29) is 30.2 Å². The Morgan fingerprint density at radius 1 is 0.778 bits per heavy atom. The summed E-state index contributed by atoms with van der Waals surface area (Å²) in [5.41, 5.74) is 3.33. The lowest BCUT2D eigenvalue weighted by Crippen LogP contribution is -2.30. The van der Waals surface area contributed by atoms with Crippen molar-refractivity contribution in [2.45, 2.75) is 13.0 Å². The highest BCUT2D eigenvalue weighted by Gasteiger charge is 2.20. The molecule has 1 amide bonds. The average Bonchev–Trinajstić information content (AvgIpc) is 3.44. The van der Waals surface area contributed by atoms with Crippen LogP contribution in [0.15, 0.2) is 120 Å². The fraction of sp³-hybridized carbons (Fsp3) is 0.111. The zero-order valence-corrected chi connectivity index (χ0v) is 24.1. The Morgan fingerprint density at radius 3 is 2.38 bits per heavy atom. The molecule has 0 saturated carbocycles. The molecule has 9 heteroatoms. The molecule has 0 aliphatic heterocycles. The fourth-order valence-corrected chi connectivity index (χ4v) is 5.08. The van der Waals surface area contributed by atoms with E-state index in [9.17, 15) is 19.7 Å². The summed E-state index contributed by atoms with van der Waals surface area (Å²) in [4.78, 5) is 37.1. The number of carbonyl (C=O) groups is 2. The van der Waals surface area contributed by atoms with E-state index in [1.165, 1.54) is 18.2 Å². The molecule has 45 heavy (non-hydrogen) atoms. The smallest absolute Gasteiger partial charge is 0.311 e. The third-order valence-electron chi connectivity index (χ3n) is 7.38. The lowest BCUT2D eigenvalue weighted by molar-refractivity contribution is -0.386. The Labute approximate surface area is 258 Å². The van der Waals surface area contributed by atoms with Gasteiger partial charge in [0.15, 0.2) is 11.5 Å². The van der Waals surface area contributed by atoms with E-state index in [4.69, 9.17) is 13.9 Å². The van der Waals surface area contributed by atoms with E-state index < -0.39 is 16.6 Å². The lowest BCUT2D eigenvalue weighted by atomic mass is 10.0. The SMILES string of the molecule is O=C(CNC(=O)c1ccccc1CCOc1ccc2c(c1)oc1ccccc12)c1ccc(OCc2ccccc2)c([N+](=O)[O-])c1. The normalized spacial score (nSPS) is 10.9. The number of para-hydroxylation sites is 1. The Balaban J connectivity index is 1.06. The molecule has 0 fully saturated rings. The van der Waals surface area contributed by atoms with Gasteiger partial charge in [-0.05, 0) is 47.5 Å². The van der Waals surface area contributed by atoms with Gasteiger partial charge < -0.3 is 19.2 Å². The predicted molar refractivity (Wildman–Crippen MR) is 170 cm³/mol. The molecule has 224 valence electrons. The highest BCUT2D eigenvalue weighted by molar-refractivity contribution is 6.05. The van der Waals surface area contributed by atoms with Crippen LogP contribution in [0.1, 0.15) is 31.8 Å². The summed E-state index contributed by atoms with van der Waals surface area (Å²) in [5, 5.41) is 16.4. The van der Waals surface area contributed by atoms with Crippen LogP contribution < -0.4 is 14.8 Å². The zero-order valence-electron chi connectivity index (χ0n) is 24.1. The Kier molecular flexibility index (Phi) is 8.50. The number of nitrogens with zero attached hydrogens (tertiary/aromatic N) is 1. The third-order valence-corrected chi connectivity index (χ3v) is 7.38. The fourth-order valence-electron chi connectivity index (χ4n) is 5.08. The van der Waals surface area contributed by atoms with Crippen LogP contribution >= 0.6 is 0 Å². The van der Waals surface area contributed by atoms with Crippen molar-refractivity contribution in [3.05, 3.63) is 148 Å². The molecule has 1 aromatic heterocycles. The molecule has 6 rings (SSSR count). The number of carbonyl (C=O) groups excluding carboxylic acids is 2. The van der Waals surface area contributed by atoms with Gasteiger partial charge in [-0.2, -0.15) is 0 Å². The van der Waals surface area contributed by atoms with E-state index in [0.29, 0.717) is 24.3 Å². The topological polar surface area (TPSA) is 121 Å². The van der Waals surface area contributed by atoms with Crippen molar-refractivity contribution in [1.29, 1.82) is 0 Å². The molecule has 0 bridgehead atoms. The predicted octanol–water partition coefficient (Wildman–Crippen LogP) is 7.31. The minimum absolute atomic E-state index is 0.0538. The van der Waals surface area contributed by atoms with Gasteiger partial charge in [0, 0.05) is 40.5 Å². The molecule has 0 radical (unpaired) electrons. The van der Waals surface area contributed by atoms with Crippen molar-refractivity contribution in [1.82, 2.24) is 5.32 Å². The van der Waals surface area contributed by atoms with E-state index >= 15 is 0 Å². The van der Waals surface area contributed by atoms with E-state index in [1.807, 2.05) is 84.9 Å². The molecule has 0 saturated heterocycles. The standard InChI is InChI=1S/C36H28N2O7/c39-32(26-14-17-34(31(20-26)38(41)42)44-23-24-8-2-1-3-9-24)22-37-36(40)28-11-5-4-10-25(28)18-19-43-27-15-16-30-29-12-6-7-13-33(29)45-35(30)21-27/h1-17,20-21H,18-19,22-23H2,(H,37,40). The van der Waals surface area contributed by atoms with Crippen LogP contribution in [0.3, 0.4) is 0 Å². The second-order valence-electron chi connectivity index (χ2n) is 10.3. The number of hydrogen-bond acceptors (Lipinski definition) is 7. The molecule has 9 nitrogen and oxygen atoms in total. The summed E-state index contributed by atoms with van der Waals surface area (Å²) in [6.45, 7) is 0.131. The lowest BCUT2D eigenvalue weighted by Gasteiger charge is -2.11. The number of nitro groups is 1. The van der Waals surface area contributed by atoms with Crippen molar-refractivity contribution in [2.75, 3.05) is 13.2 Å². The average molecular weight is 601 g/mol. The first-order valence-electron chi connectivity index (χ1n) is 14.3. The van der Waals surface area contributed by atoms with Gasteiger partial charge >= 0.3 is 5.69 Å². The number of furan rings is 1. The van der Waals surface area contributed by atoms with Crippen LogP contribution in [0.2, 0.25) is 0 Å². The molecular weight excluding hydrogens is 572 g/mol. The quantitative estimate of drug-likeness (QED) is 0.0888. The van der Waals surface area contributed by atoms with Gasteiger partial charge in [0.2, 0.25) is 0 Å². The summed E-state index contributed by atoms with van der Waals surface area (Å²) in [6.07, 6.45) is 0.451. The summed E-state index contributed by atoms with van der Waals surface area (Å²) >= 11 is 0. The molecule has 0 aliphatic rings. The maximum absolute atomic E-state index is 13.1. The number of nitrogens with one attached hydrogen (secondary N) is 1. The minimum Gasteiger partial charge on any atom is -0.493 e. The number of benzene rings is 5. The van der Waals surface area contributed by atoms with Crippen molar-refractivity contribution >= 4 is 39.3 Å². The minimum atomic E-state index is -0.594. The summed E-state index contributed by atoms with van der Waals surface area (Å²) in [7, 11) is 0. The van der Waals surface area contributed by atoms with Gasteiger partial charge in [0.25, 0.3) is 5.91 Å². The highest BCUT2D eigenvalue weighted by Crippen LogP contribution is 2.31. The molecule has 0 aliphatic carbocycles. The summed E-state index contributed by atoms with van der Waals surface area (Å²) in [6, 6.07) is 33.9. The number of Topliss-reactive ketones (excluding diaryl/α,β-unsaturated/α-hetero) is 1. The molecule has 1 heterocycles. The second-order valence-corrected chi connectivity index (χ2v) is 10.3. The van der Waals surface area contributed by atoms with Crippen LogP contribution in [0.25, 0.3) is 21.9 Å². The second kappa shape index (κ2) is 13.1. The number of ketones is 1. The summed E-state index contributed by atoms with van der Waals surface area (Å²) in [5.74, 6) is -0.194. The Bertz CT molecular complexity index is 2020. The summed E-state index contributed by atoms with van der Waals surface area (Å²) < 4.78 is 17.6. The third kappa shape index (κ3) is 6.67. The van der Waals surface area contributed by atoms with Gasteiger partial charge in [-0.1, -0.05) is 66.7 Å². The Morgan fingerprint density at radius 2 is 1.53 bits per heavy atom. The largest absolute Gasteiger partial charge is 0.493 e. The number of nitro benzene ring substituents is 1. The van der Waals surface area contributed by atoms with E-state index in [2.05, 4.69) is 5.32 Å². The molecule has 0 unspecified atom stereocenters. The van der Waals surface area contributed by atoms with Gasteiger partial charge in [-0.15, -0.1) is 0 Å². The number of ether oxygens (including phenoxy) is 2. The van der Waals surface area contributed by atoms with Crippen LogP contribution in [0.4, 0.5) is 5.69 Å². The number of hydrogen-bond donors (Lipinski definition) is 1. The molecule has 0 atom stereocenters. The van der Waals surface area contributed by atoms with Crippen molar-refractivity contribution in [2.24, 2.45) is 0 Å². The van der Waals surface area contributed by atoms with Crippen LogP contribution in [0, 0.1) is 10.1 Å². The monoisotopic (exact) mass is 600 g/mol. The van der Waals surface area contributed by atoms with Crippen LogP contribution in [-0.4, -0.2) is 29.8 Å². The van der Waals surface area contributed by atoms with Gasteiger partial charge in [-0.3, -0.25) is 19.7 Å². The van der Waals surface area contributed by atoms with Crippen LogP contribution in [0.5, 0.6) is 11.5 Å². The van der Waals surface area contributed by atoms with E-state index in [0.717, 1.165) is 33.1 Å². The van der Waals surface area contributed by atoms with Crippen molar-refractivity contribution < 1.29 is 28.4 Å². The van der Waals surface area contributed by atoms with Gasteiger partial charge in [0.05, 0.1) is 18.1 Å². The first-order valence-corrected chi connectivity index (χ1v) is 14.3. The highest BCUT2D eigenvalue weighted by atomic mass is 16.6. The van der Waals surface area contributed by atoms with Gasteiger partial charge in [-0.25, -0.2) is 0 Å². The number of amides is 1. The van der Waals surface area contributed by atoms with Crippen molar-refractivity contribution in [3.63, 3.8) is 0 Å². The Hall–Kier alpha value is -5.96. The maximum Gasteiger partial charge on any atom is 0.311 e. The number of fused-ring (bicyclic) bond motifs is 3. The molecule has 1 N–H and O–H groups in total.